The van der Waals surface area contributed by atoms with Gasteiger partial charge in [0.05, 0.1) is 19.2 Å². The van der Waals surface area contributed by atoms with E-state index in [0.717, 1.165) is 49.6 Å². The zero-order valence-corrected chi connectivity index (χ0v) is 39.8. The van der Waals surface area contributed by atoms with Crippen LogP contribution in [0.4, 0.5) is 4.39 Å². The normalized spacial score (nSPS) is 12.6. The summed E-state index contributed by atoms with van der Waals surface area (Å²) in [6.07, 6.45) is 1.31. The summed E-state index contributed by atoms with van der Waals surface area (Å²) < 4.78 is 47.9. The van der Waals surface area contributed by atoms with Gasteiger partial charge in [-0.25, -0.2) is 0 Å². The zero-order valence-electron chi connectivity index (χ0n) is 39.4. The SMILES string of the molecule is CC(C)c1cc(-c2ccccc2)cc(C(C)C)c1-c1cccc2nc(-c3[c-]ccc4c3oc3c5cc([Si](C)(C)C)ccc5ccc43)oc12.[2H]C([2H])([2H])c1ccc(-c2[c-]cc(F)cc2)nc1.[Ir]. The van der Waals surface area contributed by atoms with E-state index in [0.29, 0.717) is 29.0 Å². The van der Waals surface area contributed by atoms with Crippen molar-refractivity contribution in [3.63, 3.8) is 0 Å². The van der Waals surface area contributed by atoms with Crippen LogP contribution in [0.25, 0.3) is 88.8 Å². The van der Waals surface area contributed by atoms with Gasteiger partial charge in [0.1, 0.15) is 17.1 Å². The van der Waals surface area contributed by atoms with Crippen LogP contribution < -0.4 is 5.19 Å². The zero-order chi connectivity index (χ0) is 45.8. The van der Waals surface area contributed by atoms with Gasteiger partial charge in [-0.3, -0.25) is 9.37 Å². The number of hydrogen-bond acceptors (Lipinski definition) is 4. The number of oxazole rings is 1. The van der Waals surface area contributed by atoms with Crippen LogP contribution in [0.15, 0.2) is 148 Å². The average Bonchev–Trinajstić information content (AvgIpc) is 3.91. The maximum absolute atomic E-state index is 12.7. The first kappa shape index (κ1) is 39.8. The summed E-state index contributed by atoms with van der Waals surface area (Å²) in [6.45, 7) is 14.1. The van der Waals surface area contributed by atoms with Crippen molar-refractivity contribution in [1.29, 1.82) is 0 Å². The fourth-order valence-electron chi connectivity index (χ4n) is 8.22. The maximum atomic E-state index is 12.7. The summed E-state index contributed by atoms with van der Waals surface area (Å²) in [5.41, 5.74) is 12.8. The minimum absolute atomic E-state index is 0. The maximum Gasteiger partial charge on any atom is 0.149 e. The molecule has 0 N–H and O–H groups in total. The first-order chi connectivity index (χ1) is 31.0. The van der Waals surface area contributed by atoms with Crippen LogP contribution in [-0.4, -0.2) is 18.0 Å². The molecule has 0 fully saturated rings. The molecule has 3 aromatic heterocycles. The molecule has 0 atom stereocenters. The van der Waals surface area contributed by atoms with Crippen LogP contribution in [0.1, 0.15) is 60.3 Å². The van der Waals surface area contributed by atoms with Crippen molar-refractivity contribution in [2.75, 3.05) is 0 Å². The largest absolute Gasteiger partial charge is 0.500 e. The molecule has 0 bridgehead atoms. The molecule has 1 radical (unpaired) electrons. The smallest absolute Gasteiger partial charge is 0.149 e. The van der Waals surface area contributed by atoms with Crippen molar-refractivity contribution >= 4 is 57.1 Å². The standard InChI is InChI=1S/C44H40NO2Si.C12H9FN.Ir/c1-26(2)36-23-30(28-13-9-8-10-14-28)24-37(27(3)4)40(36)34-16-12-18-39-43(34)47-44(45-39)35-17-11-15-32-33-22-20-29-19-21-31(48(5,6)7)25-38(29)42(33)46-41(32)35;1-9-2-7-12(14-8-9)10-3-5-11(13)6-4-10;/h8-16,18-27H,1-7H3;2-3,5-8H,1H3;/q2*-1;/i;1D3;. The second kappa shape index (κ2) is 17.6. The number of aromatic nitrogens is 2. The van der Waals surface area contributed by atoms with Crippen molar-refractivity contribution in [3.05, 3.63) is 174 Å². The van der Waals surface area contributed by atoms with E-state index in [2.05, 4.69) is 155 Å². The Labute approximate surface area is 387 Å². The number of furan rings is 1. The molecule has 63 heavy (non-hydrogen) atoms. The Kier molecular flexibility index (Phi) is 11.2. The van der Waals surface area contributed by atoms with Crippen molar-refractivity contribution in [2.45, 2.75) is 66.0 Å². The third-order valence-electron chi connectivity index (χ3n) is 11.5. The van der Waals surface area contributed by atoms with E-state index >= 15 is 0 Å². The number of pyridine rings is 1. The molecule has 0 spiro atoms. The quantitative estimate of drug-likeness (QED) is 0.118. The van der Waals surface area contributed by atoms with Gasteiger partial charge in [0, 0.05) is 52.6 Å². The Hall–Kier alpha value is -5.98. The molecular weight excluding hydrogens is 972 g/mol. The third kappa shape index (κ3) is 8.58. The van der Waals surface area contributed by atoms with Gasteiger partial charge in [0.15, 0.2) is 0 Å². The fraction of sp³-hybridized carbons (Fsp3) is 0.179. The van der Waals surface area contributed by atoms with Gasteiger partial charge in [0.2, 0.25) is 0 Å². The van der Waals surface area contributed by atoms with Crippen LogP contribution in [0.3, 0.4) is 0 Å². The van der Waals surface area contributed by atoms with Crippen LogP contribution in [0.5, 0.6) is 0 Å². The summed E-state index contributed by atoms with van der Waals surface area (Å²) in [5.74, 6) is 0.778. The Morgan fingerprint density at radius 2 is 1.43 bits per heavy atom. The van der Waals surface area contributed by atoms with Gasteiger partial charge < -0.3 is 13.8 Å². The van der Waals surface area contributed by atoms with Crippen LogP contribution in [-0.2, 0) is 20.1 Å². The molecule has 317 valence electrons. The number of aryl methyl sites for hydroxylation is 1. The second-order valence-electron chi connectivity index (χ2n) is 17.6. The summed E-state index contributed by atoms with van der Waals surface area (Å²) in [4.78, 5) is 9.09. The third-order valence-corrected chi connectivity index (χ3v) is 13.6. The van der Waals surface area contributed by atoms with Crippen LogP contribution in [0.2, 0.25) is 19.6 Å². The van der Waals surface area contributed by atoms with E-state index in [1.807, 2.05) is 12.1 Å². The van der Waals surface area contributed by atoms with Crippen LogP contribution in [0, 0.1) is 24.8 Å². The molecule has 0 aliphatic carbocycles. The Morgan fingerprint density at radius 3 is 2.10 bits per heavy atom. The van der Waals surface area contributed by atoms with Crippen LogP contribution >= 0.6 is 0 Å². The molecule has 0 saturated carbocycles. The number of benzene rings is 7. The summed E-state index contributed by atoms with van der Waals surface area (Å²) in [7, 11) is -1.51. The topological polar surface area (TPSA) is 52.1 Å². The van der Waals surface area contributed by atoms with Crippen molar-refractivity contribution in [2.24, 2.45) is 0 Å². The van der Waals surface area contributed by atoms with Crippen molar-refractivity contribution in [3.8, 4) is 45.0 Å². The monoisotopic (exact) mass is 1020 g/mol. The Bertz CT molecular complexity index is 3330. The molecular formula is C56H49FIrN2O2Si-2. The fourth-order valence-corrected chi connectivity index (χ4v) is 9.38. The van der Waals surface area contributed by atoms with Gasteiger partial charge in [0.25, 0.3) is 0 Å². The van der Waals surface area contributed by atoms with Gasteiger partial charge in [-0.15, -0.1) is 48.0 Å². The van der Waals surface area contributed by atoms with Gasteiger partial charge >= 0.3 is 0 Å². The summed E-state index contributed by atoms with van der Waals surface area (Å²) in [6, 6.07) is 50.3. The molecule has 0 aliphatic heterocycles. The first-order valence-corrected chi connectivity index (χ1v) is 24.6. The van der Waals surface area contributed by atoms with E-state index in [1.54, 1.807) is 12.1 Å². The molecule has 4 nitrogen and oxygen atoms in total. The van der Waals surface area contributed by atoms with E-state index in [9.17, 15) is 4.39 Å². The molecule has 0 unspecified atom stereocenters. The molecule has 10 rings (SSSR count). The van der Waals surface area contributed by atoms with Gasteiger partial charge in [-0.2, -0.15) is 0 Å². The van der Waals surface area contributed by atoms with Gasteiger partial charge in [-0.1, -0.05) is 155 Å². The number of para-hydroxylation sites is 1. The summed E-state index contributed by atoms with van der Waals surface area (Å²) in [5, 5.41) is 5.89. The van der Waals surface area contributed by atoms with Gasteiger partial charge in [-0.05, 0) is 74.8 Å². The van der Waals surface area contributed by atoms with E-state index in [4.69, 9.17) is 17.9 Å². The Morgan fingerprint density at radius 1 is 0.683 bits per heavy atom. The predicted octanol–water partition coefficient (Wildman–Crippen LogP) is 15.5. The predicted molar refractivity (Wildman–Crippen MR) is 258 cm³/mol. The van der Waals surface area contributed by atoms with Crippen molar-refractivity contribution < 1.29 is 37.4 Å². The summed E-state index contributed by atoms with van der Waals surface area (Å²) >= 11 is 0. The number of hydrogen-bond donors (Lipinski definition) is 0. The molecule has 10 aromatic rings. The number of halogens is 1. The minimum Gasteiger partial charge on any atom is -0.500 e. The molecule has 0 amide bonds. The first-order valence-electron chi connectivity index (χ1n) is 22.6. The molecule has 7 heteroatoms. The number of rotatable bonds is 7. The number of fused-ring (bicyclic) bond motifs is 6. The van der Waals surface area contributed by atoms with E-state index in [1.165, 1.54) is 62.8 Å². The number of nitrogens with zero attached hydrogens (tertiary/aromatic N) is 2. The molecule has 0 aliphatic rings. The average molecular weight is 1020 g/mol. The molecule has 0 saturated heterocycles. The molecule has 7 aromatic carbocycles. The van der Waals surface area contributed by atoms with E-state index in [-0.39, 0.29) is 31.5 Å². The second-order valence-corrected chi connectivity index (χ2v) is 22.6. The van der Waals surface area contributed by atoms with E-state index < -0.39 is 14.9 Å². The van der Waals surface area contributed by atoms with Crippen molar-refractivity contribution in [1.82, 2.24) is 9.97 Å². The Balaban J connectivity index is 0.000000278. The molecule has 3 heterocycles. The minimum atomic E-state index is -2.15.